The third-order valence-corrected chi connectivity index (χ3v) is 4.82. The predicted octanol–water partition coefficient (Wildman–Crippen LogP) is 4.01. The molecule has 21 heavy (non-hydrogen) atoms. The monoisotopic (exact) mass is 282 g/mol. The third kappa shape index (κ3) is 3.28. The van der Waals surface area contributed by atoms with Crippen LogP contribution < -0.4 is 11.1 Å². The van der Waals surface area contributed by atoms with Crippen molar-refractivity contribution in [1.29, 1.82) is 0 Å². The van der Waals surface area contributed by atoms with Gasteiger partial charge in [-0.3, -0.25) is 0 Å². The SMILES string of the molecule is CC1(C)CCC(NC(CN)c2ccc3ccccc3c2)C1. The van der Waals surface area contributed by atoms with Crippen molar-refractivity contribution < 1.29 is 0 Å². The van der Waals surface area contributed by atoms with Gasteiger partial charge in [0.15, 0.2) is 0 Å². The Morgan fingerprint density at radius 1 is 1.19 bits per heavy atom. The highest BCUT2D eigenvalue weighted by Crippen LogP contribution is 2.37. The zero-order chi connectivity index (χ0) is 14.9. The summed E-state index contributed by atoms with van der Waals surface area (Å²) in [5, 5.41) is 6.36. The number of hydrogen-bond acceptors (Lipinski definition) is 2. The van der Waals surface area contributed by atoms with Crippen molar-refractivity contribution in [3.8, 4) is 0 Å². The molecule has 2 aromatic rings. The number of fused-ring (bicyclic) bond motifs is 1. The lowest BCUT2D eigenvalue weighted by Gasteiger charge is -2.24. The van der Waals surface area contributed by atoms with Gasteiger partial charge in [-0.15, -0.1) is 0 Å². The van der Waals surface area contributed by atoms with Gasteiger partial charge in [-0.05, 0) is 47.1 Å². The van der Waals surface area contributed by atoms with Gasteiger partial charge < -0.3 is 11.1 Å². The lowest BCUT2D eigenvalue weighted by molar-refractivity contribution is 0.353. The van der Waals surface area contributed by atoms with E-state index in [1.54, 1.807) is 0 Å². The maximum Gasteiger partial charge on any atom is 0.0446 e. The average Bonchev–Trinajstić information content (AvgIpc) is 2.83. The van der Waals surface area contributed by atoms with E-state index in [9.17, 15) is 0 Å². The topological polar surface area (TPSA) is 38.0 Å². The van der Waals surface area contributed by atoms with Gasteiger partial charge in [-0.2, -0.15) is 0 Å². The summed E-state index contributed by atoms with van der Waals surface area (Å²) in [4.78, 5) is 0. The molecule has 0 aromatic heterocycles. The lowest BCUT2D eigenvalue weighted by Crippen LogP contribution is -2.35. The van der Waals surface area contributed by atoms with Gasteiger partial charge >= 0.3 is 0 Å². The average molecular weight is 282 g/mol. The molecule has 2 heteroatoms. The van der Waals surface area contributed by atoms with Gasteiger partial charge in [-0.1, -0.05) is 50.2 Å². The fraction of sp³-hybridized carbons (Fsp3) is 0.474. The van der Waals surface area contributed by atoms with E-state index >= 15 is 0 Å². The first-order valence-electron chi connectivity index (χ1n) is 8.02. The maximum atomic E-state index is 6.03. The van der Waals surface area contributed by atoms with E-state index in [0.717, 1.165) is 0 Å². The van der Waals surface area contributed by atoms with Crippen molar-refractivity contribution in [2.24, 2.45) is 11.1 Å². The molecule has 0 amide bonds. The van der Waals surface area contributed by atoms with Gasteiger partial charge in [0.1, 0.15) is 0 Å². The highest BCUT2D eigenvalue weighted by molar-refractivity contribution is 5.83. The Hall–Kier alpha value is -1.38. The molecule has 2 atom stereocenters. The molecule has 2 unspecified atom stereocenters. The second-order valence-electron chi connectivity index (χ2n) is 7.17. The molecule has 3 N–H and O–H groups in total. The number of hydrogen-bond donors (Lipinski definition) is 2. The van der Waals surface area contributed by atoms with Crippen LogP contribution in [0.15, 0.2) is 42.5 Å². The molecule has 0 spiro atoms. The summed E-state index contributed by atoms with van der Waals surface area (Å²) in [6, 6.07) is 16.1. The summed E-state index contributed by atoms with van der Waals surface area (Å²) < 4.78 is 0. The van der Waals surface area contributed by atoms with E-state index in [1.807, 2.05) is 0 Å². The van der Waals surface area contributed by atoms with Gasteiger partial charge in [0.05, 0.1) is 0 Å². The summed E-state index contributed by atoms with van der Waals surface area (Å²) in [5.74, 6) is 0. The van der Waals surface area contributed by atoms with Crippen LogP contribution >= 0.6 is 0 Å². The molecule has 1 aliphatic rings. The van der Waals surface area contributed by atoms with Crippen LogP contribution in [0.1, 0.15) is 44.7 Å². The Morgan fingerprint density at radius 3 is 2.62 bits per heavy atom. The smallest absolute Gasteiger partial charge is 0.0446 e. The van der Waals surface area contributed by atoms with E-state index in [1.165, 1.54) is 35.6 Å². The Balaban J connectivity index is 1.78. The largest absolute Gasteiger partial charge is 0.329 e. The molecule has 112 valence electrons. The van der Waals surface area contributed by atoms with E-state index in [-0.39, 0.29) is 6.04 Å². The number of rotatable bonds is 4. The Bertz CT molecular complexity index is 618. The second kappa shape index (κ2) is 5.78. The van der Waals surface area contributed by atoms with Crippen LogP contribution in [0.3, 0.4) is 0 Å². The van der Waals surface area contributed by atoms with Crippen LogP contribution in [0, 0.1) is 5.41 Å². The summed E-state index contributed by atoms with van der Waals surface area (Å²) in [7, 11) is 0. The minimum Gasteiger partial charge on any atom is -0.329 e. The van der Waals surface area contributed by atoms with E-state index in [2.05, 4.69) is 61.6 Å². The fourth-order valence-corrected chi connectivity index (χ4v) is 3.59. The molecule has 0 radical (unpaired) electrons. The van der Waals surface area contributed by atoms with Crippen LogP contribution in [0.25, 0.3) is 10.8 Å². The molecule has 1 fully saturated rings. The van der Waals surface area contributed by atoms with Crippen molar-refractivity contribution in [3.63, 3.8) is 0 Å². The second-order valence-corrected chi connectivity index (χ2v) is 7.17. The minimum absolute atomic E-state index is 0.258. The Morgan fingerprint density at radius 2 is 1.95 bits per heavy atom. The number of nitrogens with two attached hydrogens (primary N) is 1. The van der Waals surface area contributed by atoms with Crippen molar-refractivity contribution in [3.05, 3.63) is 48.0 Å². The molecule has 2 nitrogen and oxygen atoms in total. The molecule has 0 heterocycles. The van der Waals surface area contributed by atoms with Crippen LogP contribution in [0.5, 0.6) is 0 Å². The highest BCUT2D eigenvalue weighted by Gasteiger charge is 2.31. The highest BCUT2D eigenvalue weighted by atomic mass is 15.0. The van der Waals surface area contributed by atoms with E-state index < -0.39 is 0 Å². The predicted molar refractivity (Wildman–Crippen MR) is 90.3 cm³/mol. The van der Waals surface area contributed by atoms with Crippen molar-refractivity contribution >= 4 is 10.8 Å². The Labute approximate surface area is 127 Å². The Kier molecular flexibility index (Phi) is 4.01. The molecule has 2 aromatic carbocycles. The molecule has 0 bridgehead atoms. The van der Waals surface area contributed by atoms with E-state index in [4.69, 9.17) is 5.73 Å². The summed E-state index contributed by atoms with van der Waals surface area (Å²) in [6.45, 7) is 5.37. The molecule has 0 aliphatic heterocycles. The summed E-state index contributed by atoms with van der Waals surface area (Å²) >= 11 is 0. The van der Waals surface area contributed by atoms with E-state index in [0.29, 0.717) is 18.0 Å². The normalized spacial score (nSPS) is 22.5. The van der Waals surface area contributed by atoms with Crippen molar-refractivity contribution in [2.75, 3.05) is 6.54 Å². The molecule has 1 aliphatic carbocycles. The van der Waals surface area contributed by atoms with Crippen LogP contribution in [0.4, 0.5) is 0 Å². The lowest BCUT2D eigenvalue weighted by atomic mass is 9.91. The van der Waals surface area contributed by atoms with Gasteiger partial charge in [0, 0.05) is 18.6 Å². The molecular formula is C19H26N2. The maximum absolute atomic E-state index is 6.03. The van der Waals surface area contributed by atoms with Crippen molar-refractivity contribution in [2.45, 2.75) is 45.2 Å². The molecule has 3 rings (SSSR count). The third-order valence-electron chi connectivity index (χ3n) is 4.82. The fourth-order valence-electron chi connectivity index (χ4n) is 3.59. The molecular weight excluding hydrogens is 256 g/mol. The molecule has 1 saturated carbocycles. The standard InChI is InChI=1S/C19H26N2/c1-19(2)10-9-17(12-19)21-18(13-20)16-8-7-14-5-3-4-6-15(14)11-16/h3-8,11,17-18,21H,9-10,12-13,20H2,1-2H3. The van der Waals surface area contributed by atoms with Gasteiger partial charge in [0.25, 0.3) is 0 Å². The first kappa shape index (κ1) is 14.6. The quantitative estimate of drug-likeness (QED) is 0.889. The van der Waals surface area contributed by atoms with Gasteiger partial charge in [-0.25, -0.2) is 0 Å². The minimum atomic E-state index is 0.258. The first-order valence-corrected chi connectivity index (χ1v) is 8.02. The number of benzene rings is 2. The van der Waals surface area contributed by atoms with Crippen LogP contribution in [-0.2, 0) is 0 Å². The van der Waals surface area contributed by atoms with Crippen LogP contribution in [-0.4, -0.2) is 12.6 Å². The van der Waals surface area contributed by atoms with Gasteiger partial charge in [0.2, 0.25) is 0 Å². The first-order chi connectivity index (χ1) is 10.1. The zero-order valence-electron chi connectivity index (χ0n) is 13.1. The van der Waals surface area contributed by atoms with Crippen LogP contribution in [0.2, 0.25) is 0 Å². The summed E-state index contributed by atoms with van der Waals surface area (Å²) in [5.41, 5.74) is 7.81. The zero-order valence-corrected chi connectivity index (χ0v) is 13.1. The number of nitrogens with one attached hydrogen (secondary N) is 1. The summed E-state index contributed by atoms with van der Waals surface area (Å²) in [6.07, 6.45) is 3.81. The molecule has 0 saturated heterocycles. The van der Waals surface area contributed by atoms with Crippen molar-refractivity contribution in [1.82, 2.24) is 5.32 Å².